The van der Waals surface area contributed by atoms with E-state index >= 15 is 0 Å². The zero-order valence-corrected chi connectivity index (χ0v) is 9.47. The van der Waals surface area contributed by atoms with Crippen LogP contribution in [0.4, 0.5) is 0 Å². The molecule has 5 heteroatoms. The quantitative estimate of drug-likeness (QED) is 0.738. The first kappa shape index (κ1) is 12.4. The topological polar surface area (TPSA) is 74.4 Å². The molecule has 1 unspecified atom stereocenters. The van der Waals surface area contributed by atoms with Crippen molar-refractivity contribution < 1.29 is 14.3 Å². The molecular formula is C11H16N2O3. The fourth-order valence-electron chi connectivity index (χ4n) is 1.19. The summed E-state index contributed by atoms with van der Waals surface area (Å²) in [4.78, 5) is 15.3. The molecule has 0 saturated heterocycles. The number of carbonyl (C=O) groups excluding carboxylic acids is 1. The summed E-state index contributed by atoms with van der Waals surface area (Å²) in [6.07, 6.45) is 1.67. The molecule has 1 aromatic rings. The van der Waals surface area contributed by atoms with Crippen LogP contribution in [0.3, 0.4) is 0 Å². The number of nitrogens with zero attached hydrogens (tertiary/aromatic N) is 1. The van der Waals surface area contributed by atoms with Crippen molar-refractivity contribution in [3.05, 3.63) is 24.0 Å². The van der Waals surface area contributed by atoms with Gasteiger partial charge in [0.1, 0.15) is 5.75 Å². The molecule has 0 aliphatic rings. The number of esters is 1. The predicted molar refractivity (Wildman–Crippen MR) is 59.1 cm³/mol. The minimum atomic E-state index is -0.632. The third-order valence-corrected chi connectivity index (χ3v) is 2.04. The van der Waals surface area contributed by atoms with E-state index in [0.717, 1.165) is 12.1 Å². The molecule has 1 rings (SSSR count). The van der Waals surface area contributed by atoms with Gasteiger partial charge in [-0.3, -0.25) is 4.98 Å². The lowest BCUT2D eigenvalue weighted by Gasteiger charge is -2.12. The number of carbonyl (C=O) groups is 1. The van der Waals surface area contributed by atoms with Crippen LogP contribution in [0.1, 0.15) is 12.6 Å². The van der Waals surface area contributed by atoms with Gasteiger partial charge in [0.25, 0.3) is 0 Å². The van der Waals surface area contributed by atoms with Crippen LogP contribution in [-0.4, -0.2) is 30.7 Å². The molecule has 0 saturated carbocycles. The molecular weight excluding hydrogens is 208 g/mol. The Kier molecular flexibility index (Phi) is 4.72. The number of methoxy groups -OCH3 is 1. The van der Waals surface area contributed by atoms with Crippen LogP contribution in [0.2, 0.25) is 0 Å². The van der Waals surface area contributed by atoms with E-state index < -0.39 is 12.1 Å². The van der Waals surface area contributed by atoms with E-state index in [9.17, 15) is 4.79 Å². The summed E-state index contributed by atoms with van der Waals surface area (Å²) in [5.74, 6) is 0.129. The Bertz CT molecular complexity index is 338. The van der Waals surface area contributed by atoms with Gasteiger partial charge in [-0.1, -0.05) is 0 Å². The Hall–Kier alpha value is -1.62. The van der Waals surface area contributed by atoms with E-state index in [1.165, 1.54) is 7.11 Å². The molecule has 0 aromatic carbocycles. The Balaban J connectivity index is 2.58. The van der Waals surface area contributed by atoms with E-state index in [-0.39, 0.29) is 0 Å². The van der Waals surface area contributed by atoms with E-state index in [2.05, 4.69) is 9.72 Å². The molecule has 0 bridgehead atoms. The Morgan fingerprint density at radius 1 is 1.56 bits per heavy atom. The standard InChI is InChI=1S/C11H16N2O3/c1-8(11(14)15-2)16-10-4-3-9(5-6-12)13-7-10/h3-4,7-8H,5-6,12H2,1-2H3. The van der Waals surface area contributed by atoms with Crippen molar-refractivity contribution in [2.24, 2.45) is 5.73 Å². The second kappa shape index (κ2) is 6.07. The van der Waals surface area contributed by atoms with Gasteiger partial charge in [-0.25, -0.2) is 4.79 Å². The number of pyridine rings is 1. The van der Waals surface area contributed by atoms with Crippen LogP contribution >= 0.6 is 0 Å². The minimum absolute atomic E-state index is 0.411. The fraction of sp³-hybridized carbons (Fsp3) is 0.455. The van der Waals surface area contributed by atoms with E-state index in [4.69, 9.17) is 10.5 Å². The maximum absolute atomic E-state index is 11.1. The van der Waals surface area contributed by atoms with Crippen molar-refractivity contribution in [2.75, 3.05) is 13.7 Å². The molecule has 88 valence electrons. The van der Waals surface area contributed by atoms with E-state index in [1.54, 1.807) is 19.2 Å². The van der Waals surface area contributed by atoms with Crippen LogP contribution in [0.25, 0.3) is 0 Å². The summed E-state index contributed by atoms with van der Waals surface area (Å²) in [6.45, 7) is 2.19. The maximum atomic E-state index is 11.1. The summed E-state index contributed by atoms with van der Waals surface area (Å²) in [6, 6.07) is 3.59. The van der Waals surface area contributed by atoms with Gasteiger partial charge in [0.15, 0.2) is 6.10 Å². The number of hydrogen-bond acceptors (Lipinski definition) is 5. The van der Waals surface area contributed by atoms with E-state index in [0.29, 0.717) is 12.3 Å². The third kappa shape index (κ3) is 3.51. The van der Waals surface area contributed by atoms with Crippen molar-refractivity contribution in [1.82, 2.24) is 4.98 Å². The maximum Gasteiger partial charge on any atom is 0.346 e. The van der Waals surface area contributed by atoms with Gasteiger partial charge >= 0.3 is 5.97 Å². The largest absolute Gasteiger partial charge is 0.477 e. The number of nitrogens with two attached hydrogens (primary N) is 1. The zero-order chi connectivity index (χ0) is 12.0. The third-order valence-electron chi connectivity index (χ3n) is 2.04. The molecule has 0 radical (unpaired) electrons. The van der Waals surface area contributed by atoms with Gasteiger partial charge in [0, 0.05) is 12.1 Å². The van der Waals surface area contributed by atoms with Gasteiger partial charge in [0.05, 0.1) is 13.3 Å². The summed E-state index contributed by atoms with van der Waals surface area (Å²) in [5.41, 5.74) is 6.31. The molecule has 0 amide bonds. The predicted octanol–water partition coefficient (Wildman–Crippen LogP) is 0.523. The van der Waals surface area contributed by atoms with Gasteiger partial charge in [-0.15, -0.1) is 0 Å². The molecule has 16 heavy (non-hydrogen) atoms. The SMILES string of the molecule is COC(=O)C(C)Oc1ccc(CCN)nc1. The molecule has 0 aliphatic carbocycles. The summed E-state index contributed by atoms with van der Waals surface area (Å²) >= 11 is 0. The smallest absolute Gasteiger partial charge is 0.346 e. The van der Waals surface area contributed by atoms with Gasteiger partial charge in [0.2, 0.25) is 0 Å². The first-order chi connectivity index (χ1) is 7.67. The average molecular weight is 224 g/mol. The Labute approximate surface area is 94.6 Å². The number of aromatic nitrogens is 1. The van der Waals surface area contributed by atoms with Crippen molar-refractivity contribution in [1.29, 1.82) is 0 Å². The van der Waals surface area contributed by atoms with Crippen LogP contribution in [0.5, 0.6) is 5.75 Å². The molecule has 0 fully saturated rings. The number of hydrogen-bond donors (Lipinski definition) is 1. The van der Waals surface area contributed by atoms with Crippen molar-refractivity contribution in [3.8, 4) is 5.75 Å². The monoisotopic (exact) mass is 224 g/mol. The molecule has 1 heterocycles. The van der Waals surface area contributed by atoms with Crippen LogP contribution < -0.4 is 10.5 Å². The van der Waals surface area contributed by atoms with Gasteiger partial charge in [-0.2, -0.15) is 0 Å². The minimum Gasteiger partial charge on any atom is -0.477 e. The molecule has 1 aromatic heterocycles. The van der Waals surface area contributed by atoms with Gasteiger partial charge in [-0.05, 0) is 25.6 Å². The lowest BCUT2D eigenvalue weighted by Crippen LogP contribution is -2.24. The second-order valence-electron chi connectivity index (χ2n) is 3.31. The highest BCUT2D eigenvalue weighted by Crippen LogP contribution is 2.11. The highest BCUT2D eigenvalue weighted by Gasteiger charge is 2.14. The van der Waals surface area contributed by atoms with Crippen LogP contribution in [-0.2, 0) is 16.0 Å². The van der Waals surface area contributed by atoms with Crippen LogP contribution in [0, 0.1) is 0 Å². The van der Waals surface area contributed by atoms with Crippen molar-refractivity contribution in [3.63, 3.8) is 0 Å². The lowest BCUT2D eigenvalue weighted by molar-refractivity contribution is -0.147. The second-order valence-corrected chi connectivity index (χ2v) is 3.31. The van der Waals surface area contributed by atoms with Gasteiger partial charge < -0.3 is 15.2 Å². The molecule has 1 atom stereocenters. The molecule has 2 N–H and O–H groups in total. The molecule has 0 spiro atoms. The Morgan fingerprint density at radius 3 is 2.81 bits per heavy atom. The lowest BCUT2D eigenvalue weighted by atomic mass is 10.3. The fourth-order valence-corrected chi connectivity index (χ4v) is 1.19. The van der Waals surface area contributed by atoms with Crippen molar-refractivity contribution >= 4 is 5.97 Å². The highest BCUT2D eigenvalue weighted by molar-refractivity contribution is 5.74. The first-order valence-corrected chi connectivity index (χ1v) is 5.07. The highest BCUT2D eigenvalue weighted by atomic mass is 16.6. The zero-order valence-electron chi connectivity index (χ0n) is 9.47. The molecule has 5 nitrogen and oxygen atoms in total. The normalized spacial score (nSPS) is 11.9. The summed E-state index contributed by atoms with van der Waals surface area (Å²) in [7, 11) is 1.32. The first-order valence-electron chi connectivity index (χ1n) is 5.07. The summed E-state index contributed by atoms with van der Waals surface area (Å²) in [5, 5.41) is 0. The van der Waals surface area contributed by atoms with Crippen LogP contribution in [0.15, 0.2) is 18.3 Å². The van der Waals surface area contributed by atoms with Crippen molar-refractivity contribution in [2.45, 2.75) is 19.4 Å². The Morgan fingerprint density at radius 2 is 2.31 bits per heavy atom. The van der Waals surface area contributed by atoms with E-state index in [1.807, 2.05) is 6.07 Å². The molecule has 0 aliphatic heterocycles. The average Bonchev–Trinajstić information content (AvgIpc) is 2.31. The number of ether oxygens (including phenoxy) is 2. The number of rotatable bonds is 5. The summed E-state index contributed by atoms with van der Waals surface area (Å²) < 4.78 is 9.88.